The largest absolute Gasteiger partial charge is 0.337 e. The van der Waals surface area contributed by atoms with Gasteiger partial charge in [-0.1, -0.05) is 23.9 Å². The van der Waals surface area contributed by atoms with Crippen LogP contribution in [0.1, 0.15) is 12.5 Å². The number of nitrogens with zero attached hydrogens (tertiary/aromatic N) is 2. The second-order valence-corrected chi connectivity index (χ2v) is 5.67. The molecule has 93 valence electrons. The third-order valence-corrected chi connectivity index (χ3v) is 4.26. The standard InChI is InChI=1S/C16H13N2S/c1-11(2)18-13-5-3-4-6-15(13)19-16-8-7-12(10-17)9-14(16)18/h3-9,11H,1H2,2H3. The molecule has 1 heterocycles. The van der Waals surface area contributed by atoms with Crippen LogP contribution >= 0.6 is 11.8 Å². The van der Waals surface area contributed by atoms with Gasteiger partial charge in [0.15, 0.2) is 0 Å². The van der Waals surface area contributed by atoms with Crippen molar-refractivity contribution in [3.05, 3.63) is 55.0 Å². The number of benzene rings is 2. The molecule has 3 rings (SSSR count). The van der Waals surface area contributed by atoms with Crippen LogP contribution in [-0.2, 0) is 0 Å². The van der Waals surface area contributed by atoms with Gasteiger partial charge in [0, 0.05) is 15.8 Å². The summed E-state index contributed by atoms with van der Waals surface area (Å²) in [6.45, 7) is 6.21. The van der Waals surface area contributed by atoms with Crippen molar-refractivity contribution in [2.75, 3.05) is 4.90 Å². The molecular formula is C16H13N2S. The van der Waals surface area contributed by atoms with Gasteiger partial charge in [-0.05, 0) is 44.2 Å². The lowest BCUT2D eigenvalue weighted by Gasteiger charge is -2.35. The molecule has 1 aliphatic heterocycles. The molecule has 0 amide bonds. The molecule has 0 N–H and O–H groups in total. The van der Waals surface area contributed by atoms with Gasteiger partial charge >= 0.3 is 0 Å². The SMILES string of the molecule is [CH2]C(C)N1c2ccccc2Sc2ccc(C#N)cc21. The van der Waals surface area contributed by atoms with Gasteiger partial charge < -0.3 is 4.90 Å². The highest BCUT2D eigenvalue weighted by Crippen LogP contribution is 2.48. The first-order valence-corrected chi connectivity index (χ1v) is 6.95. The smallest absolute Gasteiger partial charge is 0.0992 e. The van der Waals surface area contributed by atoms with Crippen LogP contribution in [0.5, 0.6) is 0 Å². The van der Waals surface area contributed by atoms with Gasteiger partial charge in [-0.15, -0.1) is 0 Å². The van der Waals surface area contributed by atoms with E-state index in [0.717, 1.165) is 11.4 Å². The Labute approximate surface area is 117 Å². The van der Waals surface area contributed by atoms with E-state index in [1.54, 1.807) is 11.8 Å². The number of nitriles is 1. The van der Waals surface area contributed by atoms with Gasteiger partial charge in [0.2, 0.25) is 0 Å². The van der Waals surface area contributed by atoms with Crippen LogP contribution in [0.15, 0.2) is 52.3 Å². The van der Waals surface area contributed by atoms with E-state index in [9.17, 15) is 0 Å². The summed E-state index contributed by atoms with van der Waals surface area (Å²) in [5, 5.41) is 9.07. The molecular weight excluding hydrogens is 252 g/mol. The van der Waals surface area contributed by atoms with E-state index in [0.29, 0.717) is 5.56 Å². The maximum absolute atomic E-state index is 9.07. The first kappa shape index (κ1) is 12.1. The predicted octanol–water partition coefficient (Wildman–Crippen LogP) is 4.38. The Bertz CT molecular complexity index is 671. The van der Waals surface area contributed by atoms with Crippen molar-refractivity contribution < 1.29 is 0 Å². The molecule has 0 fully saturated rings. The minimum absolute atomic E-state index is 0.106. The van der Waals surface area contributed by atoms with Crippen molar-refractivity contribution in [2.45, 2.75) is 22.8 Å². The minimum Gasteiger partial charge on any atom is -0.337 e. The molecule has 0 saturated carbocycles. The zero-order valence-corrected chi connectivity index (χ0v) is 11.4. The summed E-state index contributed by atoms with van der Waals surface area (Å²) in [4.78, 5) is 4.60. The van der Waals surface area contributed by atoms with Crippen LogP contribution in [0.4, 0.5) is 11.4 Å². The lowest BCUT2D eigenvalue weighted by atomic mass is 10.1. The Hall–Kier alpha value is -1.92. The first-order valence-electron chi connectivity index (χ1n) is 6.14. The summed E-state index contributed by atoms with van der Waals surface area (Å²) in [5.74, 6) is 0. The molecule has 3 heteroatoms. The van der Waals surface area contributed by atoms with E-state index >= 15 is 0 Å². The summed E-state index contributed by atoms with van der Waals surface area (Å²) < 4.78 is 0. The van der Waals surface area contributed by atoms with Crippen molar-refractivity contribution in [3.63, 3.8) is 0 Å². The van der Waals surface area contributed by atoms with E-state index in [1.807, 2.05) is 30.3 Å². The fraction of sp³-hybridized carbons (Fsp3) is 0.125. The zero-order chi connectivity index (χ0) is 13.4. The number of hydrogen-bond acceptors (Lipinski definition) is 3. The van der Waals surface area contributed by atoms with Crippen LogP contribution < -0.4 is 4.90 Å². The topological polar surface area (TPSA) is 27.0 Å². The van der Waals surface area contributed by atoms with Crippen LogP contribution in [0.2, 0.25) is 0 Å². The van der Waals surface area contributed by atoms with Gasteiger partial charge in [0.1, 0.15) is 0 Å². The minimum atomic E-state index is 0.106. The van der Waals surface area contributed by atoms with E-state index in [-0.39, 0.29) is 6.04 Å². The van der Waals surface area contributed by atoms with Crippen LogP contribution in [0.3, 0.4) is 0 Å². The summed E-state index contributed by atoms with van der Waals surface area (Å²) in [6.07, 6.45) is 0. The number of anilines is 2. The third-order valence-electron chi connectivity index (χ3n) is 3.13. The predicted molar refractivity (Wildman–Crippen MR) is 78.7 cm³/mol. The Morgan fingerprint density at radius 1 is 1.16 bits per heavy atom. The molecule has 2 aromatic rings. The lowest BCUT2D eigenvalue weighted by Crippen LogP contribution is -2.28. The monoisotopic (exact) mass is 265 g/mol. The maximum atomic E-state index is 9.07. The molecule has 1 unspecified atom stereocenters. The van der Waals surface area contributed by atoms with Crippen LogP contribution in [-0.4, -0.2) is 6.04 Å². The van der Waals surface area contributed by atoms with Gasteiger partial charge in [0.05, 0.1) is 23.0 Å². The Morgan fingerprint density at radius 2 is 1.89 bits per heavy atom. The van der Waals surface area contributed by atoms with Gasteiger partial charge in [-0.25, -0.2) is 0 Å². The molecule has 19 heavy (non-hydrogen) atoms. The highest BCUT2D eigenvalue weighted by Gasteiger charge is 2.25. The average Bonchev–Trinajstić information content (AvgIpc) is 2.43. The van der Waals surface area contributed by atoms with Crippen molar-refractivity contribution in [1.29, 1.82) is 5.26 Å². The summed E-state index contributed by atoms with van der Waals surface area (Å²) in [5.41, 5.74) is 2.92. The Kier molecular flexibility index (Phi) is 2.96. The normalized spacial score (nSPS) is 12.8. The van der Waals surface area contributed by atoms with Crippen molar-refractivity contribution in [1.82, 2.24) is 0 Å². The molecule has 1 aliphatic rings. The van der Waals surface area contributed by atoms with E-state index < -0.39 is 0 Å². The fourth-order valence-corrected chi connectivity index (χ4v) is 3.38. The second-order valence-electron chi connectivity index (χ2n) is 4.58. The van der Waals surface area contributed by atoms with Crippen molar-refractivity contribution >= 4 is 23.1 Å². The van der Waals surface area contributed by atoms with E-state index in [2.05, 4.69) is 36.9 Å². The molecule has 0 bridgehead atoms. The van der Waals surface area contributed by atoms with Crippen LogP contribution in [0.25, 0.3) is 0 Å². The molecule has 0 aliphatic carbocycles. The second kappa shape index (κ2) is 4.64. The number of fused-ring (bicyclic) bond motifs is 2. The molecule has 0 saturated heterocycles. The van der Waals surface area contributed by atoms with Gasteiger partial charge in [-0.3, -0.25) is 0 Å². The van der Waals surface area contributed by atoms with Crippen molar-refractivity contribution in [2.24, 2.45) is 0 Å². The van der Waals surface area contributed by atoms with E-state index in [1.165, 1.54) is 9.79 Å². The summed E-state index contributed by atoms with van der Waals surface area (Å²) in [6, 6.07) is 16.4. The average molecular weight is 265 g/mol. The molecule has 1 radical (unpaired) electrons. The lowest BCUT2D eigenvalue weighted by molar-refractivity contribution is 0.838. The van der Waals surface area contributed by atoms with Gasteiger partial charge in [-0.2, -0.15) is 5.26 Å². The van der Waals surface area contributed by atoms with E-state index in [4.69, 9.17) is 5.26 Å². The molecule has 2 aromatic carbocycles. The highest BCUT2D eigenvalue weighted by molar-refractivity contribution is 7.99. The zero-order valence-electron chi connectivity index (χ0n) is 10.6. The van der Waals surface area contributed by atoms with Gasteiger partial charge in [0.25, 0.3) is 0 Å². The molecule has 2 nitrogen and oxygen atoms in total. The number of para-hydroxylation sites is 1. The van der Waals surface area contributed by atoms with Crippen molar-refractivity contribution in [3.8, 4) is 6.07 Å². The fourth-order valence-electron chi connectivity index (χ4n) is 2.33. The molecule has 0 aromatic heterocycles. The molecule has 1 atom stereocenters. The first-order chi connectivity index (χ1) is 9.20. The third kappa shape index (κ3) is 1.98. The Balaban J connectivity index is 2.21. The quantitative estimate of drug-likeness (QED) is 0.765. The molecule has 0 spiro atoms. The summed E-state index contributed by atoms with van der Waals surface area (Å²) >= 11 is 1.74. The highest BCUT2D eigenvalue weighted by atomic mass is 32.2. The van der Waals surface area contributed by atoms with Crippen LogP contribution in [0, 0.1) is 18.3 Å². The maximum Gasteiger partial charge on any atom is 0.0992 e. The Morgan fingerprint density at radius 3 is 2.63 bits per heavy atom. The number of rotatable bonds is 1. The summed E-state index contributed by atoms with van der Waals surface area (Å²) in [7, 11) is 0. The number of hydrogen-bond donors (Lipinski definition) is 0.